The predicted molar refractivity (Wildman–Crippen MR) is 86.1 cm³/mol. The molecule has 0 amide bonds. The number of aromatic amines is 1. The Hall–Kier alpha value is -2.13. The SMILES string of the molecule is CCOC(=O)c1c(S(=O)(=O)Nc2ccc(F)c(Cl)c2)n[nH]c1CC. The number of carbonyl (C=O) groups is 1. The van der Waals surface area contributed by atoms with Crippen molar-refractivity contribution in [1.82, 2.24) is 10.2 Å². The first-order valence-electron chi connectivity index (χ1n) is 7.02. The molecule has 2 aromatic rings. The van der Waals surface area contributed by atoms with Gasteiger partial charge in [-0.05, 0) is 31.5 Å². The van der Waals surface area contributed by atoms with Crippen molar-refractivity contribution in [3.63, 3.8) is 0 Å². The highest BCUT2D eigenvalue weighted by molar-refractivity contribution is 7.92. The molecule has 1 heterocycles. The molecule has 0 bridgehead atoms. The number of rotatable bonds is 6. The number of benzene rings is 1. The molecule has 0 atom stereocenters. The van der Waals surface area contributed by atoms with Crippen molar-refractivity contribution in [2.45, 2.75) is 25.3 Å². The number of ether oxygens (including phenoxy) is 1. The number of halogens is 2. The van der Waals surface area contributed by atoms with Crippen LogP contribution in [-0.2, 0) is 21.2 Å². The largest absolute Gasteiger partial charge is 0.462 e. The molecule has 2 N–H and O–H groups in total. The first-order valence-corrected chi connectivity index (χ1v) is 8.88. The summed E-state index contributed by atoms with van der Waals surface area (Å²) < 4.78 is 45.3. The van der Waals surface area contributed by atoms with E-state index < -0.39 is 26.8 Å². The first kappa shape index (κ1) is 18.2. The van der Waals surface area contributed by atoms with Gasteiger partial charge >= 0.3 is 5.97 Å². The van der Waals surface area contributed by atoms with E-state index in [1.54, 1.807) is 13.8 Å². The summed E-state index contributed by atoms with van der Waals surface area (Å²) in [5.74, 6) is -1.47. The fourth-order valence-corrected chi connectivity index (χ4v) is 3.34. The van der Waals surface area contributed by atoms with Crippen molar-refractivity contribution in [1.29, 1.82) is 0 Å². The van der Waals surface area contributed by atoms with Crippen LogP contribution in [0.3, 0.4) is 0 Å². The minimum Gasteiger partial charge on any atom is -0.462 e. The Labute approximate surface area is 143 Å². The van der Waals surface area contributed by atoms with Gasteiger partial charge in [0.2, 0.25) is 5.03 Å². The molecular formula is C14H15ClFN3O4S. The zero-order valence-corrected chi connectivity index (χ0v) is 14.5. The van der Waals surface area contributed by atoms with Crippen molar-refractivity contribution in [2.75, 3.05) is 11.3 Å². The second-order valence-electron chi connectivity index (χ2n) is 4.69. The Morgan fingerprint density at radius 3 is 2.71 bits per heavy atom. The molecule has 1 aromatic carbocycles. The Morgan fingerprint density at radius 2 is 2.12 bits per heavy atom. The number of carbonyl (C=O) groups excluding carboxylic acids is 1. The van der Waals surface area contributed by atoms with Crippen LogP contribution in [0.25, 0.3) is 0 Å². The zero-order chi connectivity index (χ0) is 17.9. The van der Waals surface area contributed by atoms with Gasteiger partial charge in [0.05, 0.1) is 23.0 Å². The van der Waals surface area contributed by atoms with Crippen LogP contribution >= 0.6 is 11.6 Å². The molecule has 24 heavy (non-hydrogen) atoms. The number of nitrogens with zero attached hydrogens (tertiary/aromatic N) is 1. The van der Waals surface area contributed by atoms with Crippen molar-refractivity contribution in [3.8, 4) is 0 Å². The molecule has 0 spiro atoms. The van der Waals surface area contributed by atoms with Crippen molar-refractivity contribution >= 4 is 33.3 Å². The summed E-state index contributed by atoms with van der Waals surface area (Å²) in [6, 6.07) is 3.34. The summed E-state index contributed by atoms with van der Waals surface area (Å²) in [6.07, 6.45) is 0.360. The van der Waals surface area contributed by atoms with Gasteiger partial charge in [-0.2, -0.15) is 13.5 Å². The van der Waals surface area contributed by atoms with Crippen LogP contribution in [-0.4, -0.2) is 31.2 Å². The summed E-state index contributed by atoms with van der Waals surface area (Å²) in [5, 5.41) is 5.51. The second kappa shape index (κ2) is 7.18. The molecule has 2 rings (SSSR count). The molecule has 1 aromatic heterocycles. The number of H-pyrrole nitrogens is 1. The lowest BCUT2D eigenvalue weighted by atomic mass is 10.2. The van der Waals surface area contributed by atoms with Gasteiger partial charge in [0.25, 0.3) is 10.0 Å². The van der Waals surface area contributed by atoms with Gasteiger partial charge in [-0.1, -0.05) is 18.5 Å². The minimum atomic E-state index is -4.20. The normalized spacial score (nSPS) is 11.3. The average molecular weight is 376 g/mol. The topological polar surface area (TPSA) is 101 Å². The van der Waals surface area contributed by atoms with E-state index in [9.17, 15) is 17.6 Å². The molecular weight excluding hydrogens is 361 g/mol. The summed E-state index contributed by atoms with van der Waals surface area (Å²) >= 11 is 5.63. The van der Waals surface area contributed by atoms with E-state index in [2.05, 4.69) is 14.9 Å². The number of esters is 1. The standard InChI is InChI=1S/C14H15ClFN3O4S/c1-3-11-12(14(20)23-4-2)13(18-17-11)24(21,22)19-8-5-6-10(16)9(15)7-8/h5-7,19H,3-4H2,1-2H3,(H,17,18). The van der Waals surface area contributed by atoms with Gasteiger partial charge in [-0.25, -0.2) is 9.18 Å². The van der Waals surface area contributed by atoms with Gasteiger partial charge in [0.15, 0.2) is 0 Å². The number of aromatic nitrogens is 2. The molecule has 10 heteroatoms. The second-order valence-corrected chi connectivity index (χ2v) is 6.70. The summed E-state index contributed by atoms with van der Waals surface area (Å²) in [5.41, 5.74) is 0.225. The third kappa shape index (κ3) is 3.68. The quantitative estimate of drug-likeness (QED) is 0.756. The molecule has 0 radical (unpaired) electrons. The molecule has 0 aliphatic rings. The van der Waals surface area contributed by atoms with Gasteiger partial charge < -0.3 is 4.74 Å². The van der Waals surface area contributed by atoms with E-state index in [1.807, 2.05) is 0 Å². The van der Waals surface area contributed by atoms with Crippen molar-refractivity contribution < 1.29 is 22.3 Å². The molecule has 0 unspecified atom stereocenters. The van der Waals surface area contributed by atoms with Crippen molar-refractivity contribution in [2.24, 2.45) is 0 Å². The van der Waals surface area contributed by atoms with E-state index in [0.717, 1.165) is 12.1 Å². The van der Waals surface area contributed by atoms with Gasteiger partial charge in [0, 0.05) is 0 Å². The third-order valence-corrected chi connectivity index (χ3v) is 4.67. The number of sulfonamides is 1. The molecule has 0 saturated carbocycles. The molecule has 0 fully saturated rings. The maximum absolute atomic E-state index is 13.2. The Morgan fingerprint density at radius 1 is 1.42 bits per heavy atom. The first-order chi connectivity index (χ1) is 11.3. The van der Waals surface area contributed by atoms with Crippen LogP contribution in [0, 0.1) is 5.82 Å². The minimum absolute atomic E-state index is 0.0391. The lowest BCUT2D eigenvalue weighted by molar-refractivity contribution is 0.0520. The van der Waals surface area contributed by atoms with E-state index in [4.69, 9.17) is 16.3 Å². The highest BCUT2D eigenvalue weighted by Gasteiger charge is 2.30. The Kier molecular flexibility index (Phi) is 5.45. The van der Waals surface area contributed by atoms with Gasteiger partial charge in [-0.15, -0.1) is 0 Å². The maximum atomic E-state index is 13.2. The molecule has 0 saturated heterocycles. The molecule has 0 aliphatic carbocycles. The maximum Gasteiger partial charge on any atom is 0.343 e. The zero-order valence-electron chi connectivity index (χ0n) is 12.9. The fourth-order valence-electron chi connectivity index (χ4n) is 1.99. The summed E-state index contributed by atoms with van der Waals surface area (Å²) in [4.78, 5) is 12.1. The summed E-state index contributed by atoms with van der Waals surface area (Å²) in [6.45, 7) is 3.43. The van der Waals surface area contributed by atoms with Crippen LogP contribution < -0.4 is 4.72 Å². The van der Waals surface area contributed by atoms with Crippen LogP contribution in [0.1, 0.15) is 29.9 Å². The van der Waals surface area contributed by atoms with Gasteiger partial charge in [0.1, 0.15) is 11.4 Å². The Bertz CT molecular complexity index is 867. The lowest BCUT2D eigenvalue weighted by Gasteiger charge is -2.09. The number of aryl methyl sites for hydroxylation is 1. The number of hydrogen-bond acceptors (Lipinski definition) is 5. The third-order valence-electron chi connectivity index (χ3n) is 3.07. The van der Waals surface area contributed by atoms with Crippen LogP contribution in [0.2, 0.25) is 5.02 Å². The average Bonchev–Trinajstić information content (AvgIpc) is 2.96. The Balaban J connectivity index is 2.43. The molecule has 7 nitrogen and oxygen atoms in total. The highest BCUT2D eigenvalue weighted by Crippen LogP contribution is 2.24. The van der Waals surface area contributed by atoms with E-state index >= 15 is 0 Å². The highest BCUT2D eigenvalue weighted by atomic mass is 35.5. The van der Waals surface area contributed by atoms with Crippen LogP contribution in [0.15, 0.2) is 23.2 Å². The number of hydrogen-bond donors (Lipinski definition) is 2. The van der Waals surface area contributed by atoms with E-state index in [-0.39, 0.29) is 22.9 Å². The van der Waals surface area contributed by atoms with Crippen molar-refractivity contribution in [3.05, 3.63) is 40.3 Å². The summed E-state index contributed by atoms with van der Waals surface area (Å²) in [7, 11) is -4.20. The van der Waals surface area contributed by atoms with Gasteiger partial charge in [-0.3, -0.25) is 9.82 Å². The number of nitrogens with one attached hydrogen (secondary N) is 2. The van der Waals surface area contributed by atoms with E-state index in [1.165, 1.54) is 6.07 Å². The molecule has 130 valence electrons. The fraction of sp³-hybridized carbons (Fsp3) is 0.286. The molecule has 0 aliphatic heterocycles. The number of anilines is 1. The van der Waals surface area contributed by atoms with Crippen LogP contribution in [0.5, 0.6) is 0 Å². The van der Waals surface area contributed by atoms with Crippen LogP contribution in [0.4, 0.5) is 10.1 Å². The smallest absolute Gasteiger partial charge is 0.343 e. The lowest BCUT2D eigenvalue weighted by Crippen LogP contribution is -2.18. The monoisotopic (exact) mass is 375 g/mol. The van der Waals surface area contributed by atoms with E-state index in [0.29, 0.717) is 12.1 Å². The predicted octanol–water partition coefficient (Wildman–Crippen LogP) is 2.74.